The summed E-state index contributed by atoms with van der Waals surface area (Å²) in [7, 11) is 0. The molecule has 26 heavy (non-hydrogen) atoms. The number of aromatic amines is 1. The van der Waals surface area contributed by atoms with Crippen molar-refractivity contribution in [2.45, 2.75) is 26.7 Å². The molecule has 0 unspecified atom stereocenters. The molecule has 1 fully saturated rings. The van der Waals surface area contributed by atoms with Crippen LogP contribution in [0, 0.1) is 18.2 Å². The first-order chi connectivity index (χ1) is 12.5. The molecule has 2 aromatic heterocycles. The van der Waals surface area contributed by atoms with Gasteiger partial charge in [-0.05, 0) is 43.4 Å². The normalized spacial score (nSPS) is 17.0. The maximum absolute atomic E-state index is 14.4. The van der Waals surface area contributed by atoms with Crippen molar-refractivity contribution >= 4 is 17.0 Å². The predicted octanol–water partition coefficient (Wildman–Crippen LogP) is 3.03. The Bertz CT molecular complexity index is 942. The third kappa shape index (κ3) is 2.82. The monoisotopic (exact) mass is 354 g/mol. The van der Waals surface area contributed by atoms with Crippen LogP contribution in [0.2, 0.25) is 0 Å². The molecule has 1 saturated heterocycles. The minimum Gasteiger partial charge on any atom is -0.355 e. The minimum atomic E-state index is -0.274. The molecule has 1 aromatic carbocycles. The summed E-state index contributed by atoms with van der Waals surface area (Å²) in [6.45, 7) is 6.49. The van der Waals surface area contributed by atoms with Crippen molar-refractivity contribution in [1.82, 2.24) is 20.2 Å². The lowest BCUT2D eigenvalue weighted by Crippen LogP contribution is -2.42. The molecule has 3 heterocycles. The molecule has 1 aliphatic rings. The number of anilines is 1. The summed E-state index contributed by atoms with van der Waals surface area (Å²) in [6, 6.07) is 5.27. The molecule has 0 bridgehead atoms. The van der Waals surface area contributed by atoms with Crippen LogP contribution in [0.3, 0.4) is 0 Å². The highest BCUT2D eigenvalue weighted by Gasteiger charge is 2.29. The molecule has 4 rings (SSSR count). The first-order valence-corrected chi connectivity index (χ1v) is 8.92. The summed E-state index contributed by atoms with van der Waals surface area (Å²) >= 11 is 0. The van der Waals surface area contributed by atoms with Gasteiger partial charge in [0.2, 0.25) is 0 Å². The van der Waals surface area contributed by atoms with Crippen molar-refractivity contribution < 1.29 is 4.39 Å². The molecule has 0 aliphatic carbocycles. The van der Waals surface area contributed by atoms with Gasteiger partial charge in [-0.15, -0.1) is 0 Å². The van der Waals surface area contributed by atoms with Gasteiger partial charge in [-0.2, -0.15) is 5.10 Å². The molecule has 7 heteroatoms. The number of hydrogen-bond donors (Lipinski definition) is 2. The Morgan fingerprint density at radius 3 is 2.81 bits per heavy atom. The average Bonchev–Trinajstić information content (AvgIpc) is 3.07. The lowest BCUT2D eigenvalue weighted by molar-refractivity contribution is 0.258. The number of nitrogens with zero attached hydrogens (tertiary/aromatic N) is 4. The minimum absolute atomic E-state index is 0.206. The maximum atomic E-state index is 14.4. The number of nitrogens with two attached hydrogens (primary N) is 1. The van der Waals surface area contributed by atoms with E-state index >= 15 is 0 Å². The van der Waals surface area contributed by atoms with Crippen LogP contribution >= 0.6 is 0 Å². The summed E-state index contributed by atoms with van der Waals surface area (Å²) in [6.07, 6.45) is 3.82. The van der Waals surface area contributed by atoms with Crippen LogP contribution in [0.5, 0.6) is 0 Å². The van der Waals surface area contributed by atoms with E-state index in [1.165, 1.54) is 0 Å². The first kappa shape index (κ1) is 16.9. The number of piperidine rings is 1. The fraction of sp³-hybridized carbons (Fsp3) is 0.421. The Labute approximate surface area is 151 Å². The van der Waals surface area contributed by atoms with E-state index in [4.69, 9.17) is 5.73 Å². The number of aromatic nitrogens is 4. The molecule has 0 atom stereocenters. The van der Waals surface area contributed by atoms with Gasteiger partial charge in [0, 0.05) is 18.7 Å². The van der Waals surface area contributed by atoms with E-state index in [1.807, 2.05) is 6.07 Å². The van der Waals surface area contributed by atoms with Crippen molar-refractivity contribution in [1.29, 1.82) is 0 Å². The van der Waals surface area contributed by atoms with Gasteiger partial charge in [0.05, 0.1) is 6.20 Å². The fourth-order valence-corrected chi connectivity index (χ4v) is 3.44. The lowest BCUT2D eigenvalue weighted by Gasteiger charge is -2.39. The number of nitrogens with one attached hydrogen (secondary N) is 1. The number of H-pyrrole nitrogens is 1. The van der Waals surface area contributed by atoms with Crippen molar-refractivity contribution in [2.75, 3.05) is 24.5 Å². The molecule has 0 amide bonds. The highest BCUT2D eigenvalue weighted by molar-refractivity contribution is 5.88. The van der Waals surface area contributed by atoms with E-state index in [0.29, 0.717) is 34.5 Å². The van der Waals surface area contributed by atoms with E-state index in [9.17, 15) is 4.39 Å². The van der Waals surface area contributed by atoms with Gasteiger partial charge < -0.3 is 10.6 Å². The van der Waals surface area contributed by atoms with E-state index in [1.54, 1.807) is 25.3 Å². The second-order valence-corrected chi connectivity index (χ2v) is 7.44. The van der Waals surface area contributed by atoms with E-state index in [-0.39, 0.29) is 11.2 Å². The van der Waals surface area contributed by atoms with Crippen LogP contribution in [-0.2, 0) is 0 Å². The third-order valence-corrected chi connectivity index (χ3v) is 5.49. The molecule has 3 N–H and O–H groups in total. The quantitative estimate of drug-likeness (QED) is 0.755. The summed E-state index contributed by atoms with van der Waals surface area (Å²) in [5.74, 6) is 0.542. The summed E-state index contributed by atoms with van der Waals surface area (Å²) in [5, 5.41) is 7.17. The Kier molecular flexibility index (Phi) is 4.11. The Morgan fingerprint density at radius 1 is 1.31 bits per heavy atom. The Balaban J connectivity index is 1.65. The molecule has 0 radical (unpaired) electrons. The van der Waals surface area contributed by atoms with Gasteiger partial charge in [0.15, 0.2) is 5.65 Å². The molecule has 1 aliphatic heterocycles. The van der Waals surface area contributed by atoms with Crippen molar-refractivity contribution in [2.24, 2.45) is 11.1 Å². The van der Waals surface area contributed by atoms with Crippen molar-refractivity contribution in [3.8, 4) is 11.3 Å². The zero-order valence-electron chi connectivity index (χ0n) is 15.1. The molecule has 0 saturated carbocycles. The predicted molar refractivity (Wildman–Crippen MR) is 100 cm³/mol. The Morgan fingerprint density at radius 2 is 2.08 bits per heavy atom. The number of fused-ring (bicyclic) bond motifs is 1. The Hall–Kier alpha value is -2.54. The van der Waals surface area contributed by atoms with Gasteiger partial charge in [-0.1, -0.05) is 19.1 Å². The SMILES string of the molecule is Cc1cccc(-c2n[nH]c3nc(N4CCC(C)(CN)CC4)cnc23)c1F. The topological polar surface area (TPSA) is 83.7 Å². The second kappa shape index (κ2) is 6.32. The van der Waals surface area contributed by atoms with Gasteiger partial charge in [0.1, 0.15) is 22.8 Å². The number of rotatable bonds is 3. The first-order valence-electron chi connectivity index (χ1n) is 8.92. The highest BCUT2D eigenvalue weighted by atomic mass is 19.1. The third-order valence-electron chi connectivity index (χ3n) is 5.49. The molecule has 6 nitrogen and oxygen atoms in total. The van der Waals surface area contributed by atoms with E-state index in [2.05, 4.69) is 32.0 Å². The summed E-state index contributed by atoms with van der Waals surface area (Å²) in [4.78, 5) is 11.4. The molecule has 0 spiro atoms. The van der Waals surface area contributed by atoms with Crippen LogP contribution in [0.25, 0.3) is 22.4 Å². The zero-order chi connectivity index (χ0) is 18.3. The van der Waals surface area contributed by atoms with Crippen LogP contribution in [0.15, 0.2) is 24.4 Å². The summed E-state index contributed by atoms with van der Waals surface area (Å²) < 4.78 is 14.4. The zero-order valence-corrected chi connectivity index (χ0v) is 15.1. The standard InChI is InChI=1S/C19H23FN6/c1-12-4-3-5-13(15(12)20)16-17-18(25-24-16)23-14(10-22-17)26-8-6-19(2,11-21)7-9-26/h3-5,10H,6-9,11,21H2,1-2H3,(H,23,24,25). The number of hydrogen-bond acceptors (Lipinski definition) is 5. The van der Waals surface area contributed by atoms with Crippen LogP contribution in [0.4, 0.5) is 10.2 Å². The highest BCUT2D eigenvalue weighted by Crippen LogP contribution is 2.32. The van der Waals surface area contributed by atoms with Crippen molar-refractivity contribution in [3.05, 3.63) is 35.8 Å². The number of halogens is 1. The van der Waals surface area contributed by atoms with E-state index in [0.717, 1.165) is 31.7 Å². The smallest absolute Gasteiger partial charge is 0.177 e. The molecule has 3 aromatic rings. The van der Waals surface area contributed by atoms with Gasteiger partial charge in [0.25, 0.3) is 0 Å². The van der Waals surface area contributed by atoms with Crippen LogP contribution < -0.4 is 10.6 Å². The number of aryl methyl sites for hydroxylation is 1. The van der Waals surface area contributed by atoms with Crippen LogP contribution in [0.1, 0.15) is 25.3 Å². The average molecular weight is 354 g/mol. The number of benzene rings is 1. The van der Waals surface area contributed by atoms with Gasteiger partial charge >= 0.3 is 0 Å². The van der Waals surface area contributed by atoms with Crippen molar-refractivity contribution in [3.63, 3.8) is 0 Å². The maximum Gasteiger partial charge on any atom is 0.177 e. The summed E-state index contributed by atoms with van der Waals surface area (Å²) in [5.41, 5.74) is 8.77. The molecular formula is C19H23FN6. The molecular weight excluding hydrogens is 331 g/mol. The van der Waals surface area contributed by atoms with Gasteiger partial charge in [-0.25, -0.2) is 14.4 Å². The second-order valence-electron chi connectivity index (χ2n) is 7.44. The fourth-order valence-electron chi connectivity index (χ4n) is 3.44. The largest absolute Gasteiger partial charge is 0.355 e. The van der Waals surface area contributed by atoms with Gasteiger partial charge in [-0.3, -0.25) is 5.10 Å². The van der Waals surface area contributed by atoms with E-state index < -0.39 is 0 Å². The lowest BCUT2D eigenvalue weighted by atomic mass is 9.80. The van der Waals surface area contributed by atoms with Crippen LogP contribution in [-0.4, -0.2) is 39.8 Å². The molecule has 136 valence electrons.